The van der Waals surface area contributed by atoms with E-state index in [0.29, 0.717) is 11.4 Å². The van der Waals surface area contributed by atoms with E-state index in [4.69, 9.17) is 4.42 Å². The zero-order valence-electron chi connectivity index (χ0n) is 15.9. The Labute approximate surface area is 179 Å². The van der Waals surface area contributed by atoms with E-state index in [9.17, 15) is 14.0 Å². The van der Waals surface area contributed by atoms with Gasteiger partial charge in [-0.15, -0.1) is 5.10 Å². The number of anilines is 2. The van der Waals surface area contributed by atoms with Crippen molar-refractivity contribution in [1.29, 1.82) is 0 Å². The number of thioether (sulfide) groups is 1. The van der Waals surface area contributed by atoms with Gasteiger partial charge in [-0.2, -0.15) is 4.68 Å². The zero-order chi connectivity index (χ0) is 21.6. The van der Waals surface area contributed by atoms with Crippen molar-refractivity contribution in [2.45, 2.75) is 5.16 Å². The number of halogens is 1. The quantitative estimate of drug-likeness (QED) is 0.425. The van der Waals surface area contributed by atoms with E-state index in [1.54, 1.807) is 54.6 Å². The standard InChI is InChI=1S/C20H15FN6O3S/c21-15-7-1-2-8-16(15)27-20(24-25-26-27)31-12-18(28)22-13-5-3-6-14(11-13)23-19(29)17-9-4-10-30-17/h1-11H,12H2,(H,22,28)(H,23,29). The Morgan fingerprint density at radius 3 is 2.61 bits per heavy atom. The van der Waals surface area contributed by atoms with Crippen molar-refractivity contribution in [2.75, 3.05) is 16.4 Å². The number of carbonyl (C=O) groups excluding carboxylic acids is 2. The highest BCUT2D eigenvalue weighted by molar-refractivity contribution is 7.99. The molecule has 156 valence electrons. The highest BCUT2D eigenvalue weighted by Gasteiger charge is 2.15. The Kier molecular flexibility index (Phi) is 6.03. The van der Waals surface area contributed by atoms with E-state index in [-0.39, 0.29) is 28.3 Å². The second kappa shape index (κ2) is 9.22. The van der Waals surface area contributed by atoms with Crippen LogP contribution in [0.15, 0.2) is 76.5 Å². The number of tetrazole rings is 1. The van der Waals surface area contributed by atoms with E-state index in [2.05, 4.69) is 26.2 Å². The zero-order valence-corrected chi connectivity index (χ0v) is 16.7. The summed E-state index contributed by atoms with van der Waals surface area (Å²) >= 11 is 1.06. The summed E-state index contributed by atoms with van der Waals surface area (Å²) < 4.78 is 20.3. The number of furan rings is 1. The second-order valence-electron chi connectivity index (χ2n) is 6.17. The molecule has 0 radical (unpaired) electrons. The predicted molar refractivity (Wildman–Crippen MR) is 112 cm³/mol. The van der Waals surface area contributed by atoms with Crippen LogP contribution < -0.4 is 10.6 Å². The van der Waals surface area contributed by atoms with Gasteiger partial charge in [-0.05, 0) is 52.9 Å². The van der Waals surface area contributed by atoms with Crippen LogP contribution in [-0.2, 0) is 4.79 Å². The Balaban J connectivity index is 1.37. The van der Waals surface area contributed by atoms with Gasteiger partial charge in [0.25, 0.3) is 5.91 Å². The Hall–Kier alpha value is -3.99. The molecule has 2 aromatic carbocycles. The summed E-state index contributed by atoms with van der Waals surface area (Å²) in [7, 11) is 0. The third-order valence-electron chi connectivity index (χ3n) is 4.00. The van der Waals surface area contributed by atoms with Crippen molar-refractivity contribution in [3.63, 3.8) is 0 Å². The molecule has 0 spiro atoms. The molecular weight excluding hydrogens is 423 g/mol. The Morgan fingerprint density at radius 2 is 1.84 bits per heavy atom. The van der Waals surface area contributed by atoms with Gasteiger partial charge in [0, 0.05) is 11.4 Å². The summed E-state index contributed by atoms with van der Waals surface area (Å²) in [5.41, 5.74) is 1.18. The third-order valence-corrected chi connectivity index (χ3v) is 4.92. The monoisotopic (exact) mass is 438 g/mol. The van der Waals surface area contributed by atoms with Crippen LogP contribution in [0.3, 0.4) is 0 Å². The van der Waals surface area contributed by atoms with Gasteiger partial charge in [0.2, 0.25) is 11.1 Å². The van der Waals surface area contributed by atoms with Crippen LogP contribution in [0.4, 0.5) is 15.8 Å². The number of rotatable bonds is 7. The number of aromatic nitrogens is 4. The first kappa shape index (κ1) is 20.3. The lowest BCUT2D eigenvalue weighted by Gasteiger charge is -2.08. The normalized spacial score (nSPS) is 10.6. The molecular formula is C20H15FN6O3S. The minimum Gasteiger partial charge on any atom is -0.459 e. The van der Waals surface area contributed by atoms with E-state index < -0.39 is 11.7 Å². The van der Waals surface area contributed by atoms with E-state index >= 15 is 0 Å². The molecule has 0 aliphatic heterocycles. The van der Waals surface area contributed by atoms with Crippen LogP contribution in [0.1, 0.15) is 10.6 Å². The smallest absolute Gasteiger partial charge is 0.291 e. The third kappa shape index (κ3) is 4.95. The summed E-state index contributed by atoms with van der Waals surface area (Å²) in [5, 5.41) is 16.9. The lowest BCUT2D eigenvalue weighted by molar-refractivity contribution is -0.113. The fourth-order valence-electron chi connectivity index (χ4n) is 2.65. The van der Waals surface area contributed by atoms with Crippen LogP contribution in [0.5, 0.6) is 0 Å². The molecule has 11 heteroatoms. The highest BCUT2D eigenvalue weighted by atomic mass is 32.2. The van der Waals surface area contributed by atoms with Crippen LogP contribution in [0, 0.1) is 5.82 Å². The SMILES string of the molecule is O=C(CSc1nnnn1-c1ccccc1F)Nc1cccc(NC(=O)c2ccco2)c1. The number of hydrogen-bond acceptors (Lipinski definition) is 7. The second-order valence-corrected chi connectivity index (χ2v) is 7.12. The van der Waals surface area contributed by atoms with Gasteiger partial charge in [0.05, 0.1) is 12.0 Å². The van der Waals surface area contributed by atoms with Crippen LogP contribution in [-0.4, -0.2) is 37.8 Å². The van der Waals surface area contributed by atoms with E-state index in [0.717, 1.165) is 11.8 Å². The summed E-state index contributed by atoms with van der Waals surface area (Å²) in [4.78, 5) is 24.4. The first-order valence-corrected chi connectivity index (χ1v) is 9.99. The molecule has 0 saturated carbocycles. The molecule has 31 heavy (non-hydrogen) atoms. The molecule has 2 aromatic heterocycles. The number of carbonyl (C=O) groups is 2. The summed E-state index contributed by atoms with van der Waals surface area (Å²) in [6.45, 7) is 0. The number of nitrogens with one attached hydrogen (secondary N) is 2. The van der Waals surface area contributed by atoms with Gasteiger partial charge in [0.15, 0.2) is 5.76 Å². The molecule has 0 atom stereocenters. The van der Waals surface area contributed by atoms with Crippen LogP contribution in [0.2, 0.25) is 0 Å². The molecule has 2 heterocycles. The average Bonchev–Trinajstić information content (AvgIpc) is 3.45. The van der Waals surface area contributed by atoms with Gasteiger partial charge in [-0.25, -0.2) is 4.39 Å². The first-order valence-electron chi connectivity index (χ1n) is 9.01. The van der Waals surface area contributed by atoms with Crippen molar-refractivity contribution < 1.29 is 18.4 Å². The van der Waals surface area contributed by atoms with Crippen LogP contribution in [0.25, 0.3) is 5.69 Å². The van der Waals surface area contributed by atoms with Gasteiger partial charge in [0.1, 0.15) is 11.5 Å². The number of amides is 2. The summed E-state index contributed by atoms with van der Waals surface area (Å²) in [5.74, 6) is -1.02. The minimum atomic E-state index is -0.477. The lowest BCUT2D eigenvalue weighted by Crippen LogP contribution is -2.15. The largest absolute Gasteiger partial charge is 0.459 e. The lowest BCUT2D eigenvalue weighted by atomic mass is 10.2. The maximum absolute atomic E-state index is 14.0. The summed E-state index contributed by atoms with van der Waals surface area (Å²) in [6.07, 6.45) is 1.41. The molecule has 2 N–H and O–H groups in total. The van der Waals surface area contributed by atoms with Crippen LogP contribution >= 0.6 is 11.8 Å². The number of para-hydroxylation sites is 1. The summed E-state index contributed by atoms with van der Waals surface area (Å²) in [6, 6.07) is 15.9. The highest BCUT2D eigenvalue weighted by Crippen LogP contribution is 2.21. The molecule has 9 nitrogen and oxygen atoms in total. The maximum atomic E-state index is 14.0. The van der Waals surface area contributed by atoms with Crippen molar-refractivity contribution in [1.82, 2.24) is 20.2 Å². The topological polar surface area (TPSA) is 115 Å². The fraction of sp³-hybridized carbons (Fsp3) is 0.0500. The molecule has 0 aliphatic rings. The van der Waals surface area contributed by atoms with Crippen molar-refractivity contribution >= 4 is 35.0 Å². The maximum Gasteiger partial charge on any atom is 0.291 e. The molecule has 0 bridgehead atoms. The van der Waals surface area contributed by atoms with Gasteiger partial charge in [-0.1, -0.05) is 30.0 Å². The predicted octanol–water partition coefficient (Wildman–Crippen LogP) is 3.38. The molecule has 4 rings (SSSR count). The van der Waals surface area contributed by atoms with Crippen molar-refractivity contribution in [3.8, 4) is 5.69 Å². The minimum absolute atomic E-state index is 0.00217. The molecule has 0 saturated heterocycles. The Bertz CT molecular complexity index is 1210. The van der Waals surface area contributed by atoms with Gasteiger partial charge in [-0.3, -0.25) is 9.59 Å². The molecule has 2 amide bonds. The van der Waals surface area contributed by atoms with E-state index in [1.165, 1.54) is 17.0 Å². The van der Waals surface area contributed by atoms with Gasteiger partial charge >= 0.3 is 0 Å². The molecule has 0 unspecified atom stereocenters. The number of benzene rings is 2. The Morgan fingerprint density at radius 1 is 1.03 bits per heavy atom. The van der Waals surface area contributed by atoms with Crippen molar-refractivity contribution in [2.24, 2.45) is 0 Å². The van der Waals surface area contributed by atoms with Crippen molar-refractivity contribution in [3.05, 3.63) is 78.5 Å². The molecule has 4 aromatic rings. The molecule has 0 fully saturated rings. The molecule has 0 aliphatic carbocycles. The van der Waals surface area contributed by atoms with Gasteiger partial charge < -0.3 is 15.1 Å². The first-order chi connectivity index (χ1) is 15.1. The number of hydrogen-bond donors (Lipinski definition) is 2. The number of nitrogens with zero attached hydrogens (tertiary/aromatic N) is 4. The fourth-order valence-corrected chi connectivity index (χ4v) is 3.33. The average molecular weight is 438 g/mol. The van der Waals surface area contributed by atoms with E-state index in [1.807, 2.05) is 0 Å².